The van der Waals surface area contributed by atoms with E-state index >= 15 is 0 Å². The molecule has 0 spiro atoms. The molecule has 0 aromatic carbocycles. The largest absolute Gasteiger partial charge is 0.385 e. The highest BCUT2D eigenvalue weighted by atomic mass is 16.2. The van der Waals surface area contributed by atoms with Gasteiger partial charge in [-0.3, -0.25) is 9.78 Å². The van der Waals surface area contributed by atoms with Crippen LogP contribution in [0.25, 0.3) is 0 Å². The summed E-state index contributed by atoms with van der Waals surface area (Å²) in [7, 11) is 0. The maximum atomic E-state index is 11.9. The second-order valence-corrected chi connectivity index (χ2v) is 4.44. The van der Waals surface area contributed by atoms with Crippen LogP contribution in [0.2, 0.25) is 0 Å². The van der Waals surface area contributed by atoms with E-state index in [1.165, 1.54) is 0 Å². The van der Waals surface area contributed by atoms with Crippen molar-refractivity contribution in [3.63, 3.8) is 0 Å². The van der Waals surface area contributed by atoms with Crippen LogP contribution in [0.3, 0.4) is 0 Å². The van der Waals surface area contributed by atoms with Gasteiger partial charge in [-0.15, -0.1) is 0 Å². The molecule has 1 aromatic heterocycles. The molecular formula is C13H19N3O. The van der Waals surface area contributed by atoms with Crippen molar-refractivity contribution in [2.75, 3.05) is 11.9 Å². The molecule has 1 aromatic rings. The normalized spacial score (nSPS) is 22.0. The summed E-state index contributed by atoms with van der Waals surface area (Å²) in [4.78, 5) is 16.0. The van der Waals surface area contributed by atoms with E-state index in [0.29, 0.717) is 17.7 Å². The summed E-state index contributed by atoms with van der Waals surface area (Å²) in [5.41, 5.74) is 1.43. The molecular weight excluding hydrogens is 214 g/mol. The van der Waals surface area contributed by atoms with E-state index in [1.54, 1.807) is 12.3 Å². The van der Waals surface area contributed by atoms with Crippen LogP contribution in [-0.4, -0.2) is 23.5 Å². The van der Waals surface area contributed by atoms with Gasteiger partial charge in [-0.2, -0.15) is 0 Å². The fourth-order valence-electron chi connectivity index (χ4n) is 1.99. The van der Waals surface area contributed by atoms with Gasteiger partial charge < -0.3 is 10.6 Å². The molecule has 1 saturated carbocycles. The lowest BCUT2D eigenvalue weighted by Gasteiger charge is -2.06. The van der Waals surface area contributed by atoms with Crippen LogP contribution in [0.4, 0.5) is 5.69 Å². The van der Waals surface area contributed by atoms with Gasteiger partial charge in [0.1, 0.15) is 5.69 Å². The Morgan fingerprint density at radius 1 is 1.53 bits per heavy atom. The molecule has 2 atom stereocenters. The van der Waals surface area contributed by atoms with E-state index in [4.69, 9.17) is 0 Å². The highest BCUT2D eigenvalue weighted by Gasteiger charge is 2.36. The van der Waals surface area contributed by atoms with Crippen molar-refractivity contribution in [1.29, 1.82) is 0 Å². The number of carbonyl (C=O) groups is 1. The molecule has 2 N–H and O–H groups in total. The number of amides is 1. The van der Waals surface area contributed by atoms with Crippen molar-refractivity contribution < 1.29 is 4.79 Å². The molecule has 1 fully saturated rings. The zero-order chi connectivity index (χ0) is 12.3. The summed E-state index contributed by atoms with van der Waals surface area (Å²) in [6, 6.07) is 4.02. The van der Waals surface area contributed by atoms with Gasteiger partial charge in [0.25, 0.3) is 5.91 Å². The number of aromatic nitrogens is 1. The fraction of sp³-hybridized carbons (Fsp3) is 0.538. The second-order valence-electron chi connectivity index (χ2n) is 4.44. The van der Waals surface area contributed by atoms with Crippen LogP contribution < -0.4 is 10.6 Å². The van der Waals surface area contributed by atoms with Crippen molar-refractivity contribution in [2.45, 2.75) is 32.7 Å². The summed E-state index contributed by atoms with van der Waals surface area (Å²) >= 11 is 0. The third-order valence-electron chi connectivity index (χ3n) is 3.14. The second kappa shape index (κ2) is 5.17. The third kappa shape index (κ3) is 2.96. The van der Waals surface area contributed by atoms with Gasteiger partial charge in [-0.25, -0.2) is 0 Å². The van der Waals surface area contributed by atoms with Crippen molar-refractivity contribution in [3.05, 3.63) is 24.0 Å². The number of pyridine rings is 1. The number of hydrogen-bond donors (Lipinski definition) is 2. The predicted molar refractivity (Wildman–Crippen MR) is 68.1 cm³/mol. The Balaban J connectivity index is 1.96. The van der Waals surface area contributed by atoms with Crippen LogP contribution in [0.5, 0.6) is 0 Å². The first kappa shape index (κ1) is 11.9. The van der Waals surface area contributed by atoms with E-state index in [9.17, 15) is 4.79 Å². The molecule has 0 aliphatic heterocycles. The molecule has 2 rings (SSSR count). The lowest BCUT2D eigenvalue weighted by atomic mass is 10.3. The first-order valence-electron chi connectivity index (χ1n) is 6.25. The van der Waals surface area contributed by atoms with Crippen molar-refractivity contribution >= 4 is 11.6 Å². The average molecular weight is 233 g/mol. The number of nitrogens with zero attached hydrogens (tertiary/aromatic N) is 1. The summed E-state index contributed by atoms with van der Waals surface area (Å²) in [5, 5.41) is 6.18. The molecule has 0 bridgehead atoms. The summed E-state index contributed by atoms with van der Waals surface area (Å²) in [6.45, 7) is 5.02. The van der Waals surface area contributed by atoms with E-state index in [-0.39, 0.29) is 5.91 Å². The summed E-state index contributed by atoms with van der Waals surface area (Å²) in [5.74, 6) is 0.599. The van der Waals surface area contributed by atoms with Gasteiger partial charge in [-0.05, 0) is 31.4 Å². The standard InChI is InChI=1S/C13H19N3O/c1-3-9-7-11(9)16-13(17)12-8-10(14-4-2)5-6-15-12/h5-6,8-9,11H,3-4,7H2,1-2H3,(H,14,15)(H,16,17). The third-order valence-corrected chi connectivity index (χ3v) is 3.14. The molecule has 1 aliphatic rings. The maximum Gasteiger partial charge on any atom is 0.270 e. The van der Waals surface area contributed by atoms with Gasteiger partial charge in [0, 0.05) is 24.5 Å². The molecule has 92 valence electrons. The van der Waals surface area contributed by atoms with E-state index in [1.807, 2.05) is 13.0 Å². The van der Waals surface area contributed by atoms with Crippen molar-refractivity contribution in [3.8, 4) is 0 Å². The smallest absolute Gasteiger partial charge is 0.270 e. The molecule has 4 heteroatoms. The predicted octanol–water partition coefficient (Wildman–Crippen LogP) is 2.04. The minimum atomic E-state index is -0.0642. The van der Waals surface area contributed by atoms with Gasteiger partial charge in [-0.1, -0.05) is 13.3 Å². The quantitative estimate of drug-likeness (QED) is 0.818. The fourth-order valence-corrected chi connectivity index (χ4v) is 1.99. The molecule has 2 unspecified atom stereocenters. The first-order chi connectivity index (χ1) is 8.24. The topological polar surface area (TPSA) is 54.0 Å². The van der Waals surface area contributed by atoms with Gasteiger partial charge in [0.2, 0.25) is 0 Å². The molecule has 17 heavy (non-hydrogen) atoms. The Hall–Kier alpha value is -1.58. The monoisotopic (exact) mass is 233 g/mol. The zero-order valence-corrected chi connectivity index (χ0v) is 10.4. The highest BCUT2D eigenvalue weighted by molar-refractivity contribution is 5.93. The van der Waals surface area contributed by atoms with Crippen LogP contribution >= 0.6 is 0 Å². The van der Waals surface area contributed by atoms with Crippen molar-refractivity contribution in [2.24, 2.45) is 5.92 Å². The van der Waals surface area contributed by atoms with E-state index < -0.39 is 0 Å². The van der Waals surface area contributed by atoms with E-state index in [2.05, 4.69) is 22.5 Å². The number of nitrogens with one attached hydrogen (secondary N) is 2. The average Bonchev–Trinajstić information content (AvgIpc) is 3.08. The first-order valence-corrected chi connectivity index (χ1v) is 6.25. The Bertz CT molecular complexity index is 405. The maximum absolute atomic E-state index is 11.9. The Kier molecular flexibility index (Phi) is 3.61. The number of anilines is 1. The van der Waals surface area contributed by atoms with Crippen molar-refractivity contribution in [1.82, 2.24) is 10.3 Å². The number of hydrogen-bond acceptors (Lipinski definition) is 3. The van der Waals surface area contributed by atoms with Crippen LogP contribution in [0.15, 0.2) is 18.3 Å². The van der Waals surface area contributed by atoms with Crippen LogP contribution in [0.1, 0.15) is 37.2 Å². The van der Waals surface area contributed by atoms with Gasteiger partial charge >= 0.3 is 0 Å². The molecule has 0 radical (unpaired) electrons. The Morgan fingerprint density at radius 2 is 2.35 bits per heavy atom. The zero-order valence-electron chi connectivity index (χ0n) is 10.4. The summed E-state index contributed by atoms with van der Waals surface area (Å²) in [6.07, 6.45) is 3.90. The molecule has 1 heterocycles. The minimum absolute atomic E-state index is 0.0642. The number of carbonyl (C=O) groups excluding carboxylic acids is 1. The SMILES string of the molecule is CCNc1ccnc(C(=O)NC2CC2CC)c1. The highest BCUT2D eigenvalue weighted by Crippen LogP contribution is 2.33. The molecule has 1 amide bonds. The lowest BCUT2D eigenvalue weighted by molar-refractivity contribution is 0.0944. The number of rotatable bonds is 5. The molecule has 4 nitrogen and oxygen atoms in total. The van der Waals surface area contributed by atoms with Crippen LogP contribution in [0, 0.1) is 5.92 Å². The molecule has 1 aliphatic carbocycles. The Morgan fingerprint density at radius 3 is 3.00 bits per heavy atom. The lowest BCUT2D eigenvalue weighted by Crippen LogP contribution is -2.27. The van der Waals surface area contributed by atoms with E-state index in [0.717, 1.165) is 25.1 Å². The van der Waals surface area contributed by atoms with Gasteiger partial charge in [0.05, 0.1) is 0 Å². The summed E-state index contributed by atoms with van der Waals surface area (Å²) < 4.78 is 0. The van der Waals surface area contributed by atoms with Crippen LogP contribution in [-0.2, 0) is 0 Å². The Labute approximate surface area is 102 Å². The van der Waals surface area contributed by atoms with Gasteiger partial charge in [0.15, 0.2) is 0 Å². The minimum Gasteiger partial charge on any atom is -0.385 e. The molecule has 0 saturated heterocycles.